The van der Waals surface area contributed by atoms with Crippen LogP contribution in [-0.4, -0.2) is 20.6 Å². The van der Waals surface area contributed by atoms with Gasteiger partial charge < -0.3 is 10.1 Å². The van der Waals surface area contributed by atoms with Crippen molar-refractivity contribution in [3.05, 3.63) is 0 Å². The normalized spacial score (nSPS) is 4.41. The van der Waals surface area contributed by atoms with Crippen molar-refractivity contribution in [3.63, 3.8) is 0 Å². The average Bonchev–Trinajstić information content (AvgIpc) is 1.85. The van der Waals surface area contributed by atoms with Gasteiger partial charge in [-0.15, -0.1) is 0 Å². The molecule has 0 rings (SSSR count). The molecule has 0 aliphatic rings. The molecule has 0 fully saturated rings. The molecule has 0 aromatic carbocycles. The Morgan fingerprint density at radius 3 is 1.12 bits per heavy atom. The second kappa shape index (κ2) is 254. The molecule has 0 aliphatic heterocycles. The summed E-state index contributed by atoms with van der Waals surface area (Å²) in [6, 6.07) is 0. The minimum atomic E-state index is -0.181. The zero-order chi connectivity index (χ0) is 10.6. The van der Waals surface area contributed by atoms with Crippen LogP contribution < -0.4 is 14.7 Å². The third-order valence-electron chi connectivity index (χ3n) is 0.0393. The Kier molecular flexibility index (Phi) is 815. The fourth-order valence-electron chi connectivity index (χ4n) is 0. The highest BCUT2D eigenvalue weighted by atomic mass is 31.0. The number of rotatable bonds is 1. The summed E-state index contributed by atoms with van der Waals surface area (Å²) in [4.78, 5) is 11.2. The molecule has 17 heavy (non-hydrogen) atoms. The van der Waals surface area contributed by atoms with E-state index in [1.165, 1.54) is 0 Å². The van der Waals surface area contributed by atoms with Gasteiger partial charge >= 0.3 is 2.82 Å². The van der Waals surface area contributed by atoms with E-state index in [1.54, 1.807) is 14.1 Å². The Labute approximate surface area is 121 Å². The molecular formula is C10H43N2O3P2+. The lowest BCUT2D eigenvalue weighted by Gasteiger charge is -1.88. The molecule has 0 heterocycles. The third kappa shape index (κ3) is 7320. The van der Waals surface area contributed by atoms with Crippen molar-refractivity contribution in [2.45, 2.75) is 52.0 Å². The lowest BCUT2D eigenvalue weighted by atomic mass is 11.6. The molecule has 0 unspecified atom stereocenters. The first-order valence-corrected chi connectivity index (χ1v) is 2.87. The first kappa shape index (κ1) is 54.5. The largest absolute Gasteiger partial charge is 0.662 e. The van der Waals surface area contributed by atoms with Crippen LogP contribution in [0.3, 0.4) is 0 Å². The van der Waals surface area contributed by atoms with E-state index in [4.69, 9.17) is 12.9 Å². The van der Waals surface area contributed by atoms with Gasteiger partial charge in [-0.05, 0) is 0 Å². The third-order valence-corrected chi connectivity index (χ3v) is 0.0393. The predicted molar refractivity (Wildman–Crippen MR) is 88.9 cm³/mol. The maximum absolute atomic E-state index is 8.64. The summed E-state index contributed by atoms with van der Waals surface area (Å²) in [5.74, 6) is 0. The smallest absolute Gasteiger partial charge is 0.447 e. The average molecular weight is 305 g/mol. The van der Waals surface area contributed by atoms with Crippen LogP contribution in [0.5, 0.6) is 0 Å². The summed E-state index contributed by atoms with van der Waals surface area (Å²) in [5, 5.41) is 8.43. The molecule has 0 saturated heterocycles. The first-order chi connectivity index (χ1) is 5.38. The van der Waals surface area contributed by atoms with Crippen molar-refractivity contribution < 1.29 is 30.1 Å². The van der Waals surface area contributed by atoms with Crippen LogP contribution in [0.1, 0.15) is 54.8 Å². The zero-order valence-corrected chi connectivity index (χ0v) is 7.70. The summed E-state index contributed by atoms with van der Waals surface area (Å²) in [6.07, 6.45) is 0. The van der Waals surface area contributed by atoms with Crippen molar-refractivity contribution in [2.75, 3.05) is 14.1 Å². The molecule has 0 aliphatic carbocycles. The molecule has 0 amide bonds. The van der Waals surface area contributed by atoms with Crippen LogP contribution >= 0.6 is 18.1 Å². The number of nitrogens with one attached hydrogen (secondary N) is 2. The van der Waals surface area contributed by atoms with E-state index in [9.17, 15) is 0 Å². The van der Waals surface area contributed by atoms with E-state index in [-0.39, 0.29) is 61.3 Å². The quantitative estimate of drug-likeness (QED) is 0.333. The molecule has 0 saturated carbocycles. The summed E-state index contributed by atoms with van der Waals surface area (Å²) in [6.45, 7) is -0.181. The second-order valence-electron chi connectivity index (χ2n) is 0.640. The van der Waals surface area contributed by atoms with Gasteiger partial charge in [0.25, 0.3) is 6.47 Å². The second-order valence-corrected chi connectivity index (χ2v) is 1.53. The van der Waals surface area contributed by atoms with Gasteiger partial charge in [0, 0.05) is 2.85 Å². The molecule has 0 bridgehead atoms. The lowest BCUT2D eigenvalue weighted by Crippen LogP contribution is -2.53. The molecule has 0 spiro atoms. The molecule has 0 atom stereocenters. The zero-order valence-electron chi connectivity index (χ0n) is 7.70. The molecular weight excluding hydrogens is 258 g/mol. The molecule has 0 aromatic heterocycles. The van der Waals surface area contributed by atoms with Gasteiger partial charge in [0.1, 0.15) is 14.1 Å². The molecule has 7 heteroatoms. The van der Waals surface area contributed by atoms with E-state index in [0.717, 1.165) is 9.48 Å². The van der Waals surface area contributed by atoms with E-state index >= 15 is 0 Å². The van der Waals surface area contributed by atoms with Crippen molar-refractivity contribution in [2.24, 2.45) is 0 Å². The van der Waals surface area contributed by atoms with Gasteiger partial charge in [-0.1, -0.05) is 52.0 Å². The van der Waals surface area contributed by atoms with Gasteiger partial charge in [0.15, 0.2) is 18.1 Å². The lowest BCUT2D eigenvalue weighted by molar-refractivity contribution is -0.652. The Hall–Kier alpha value is -0.370. The molecule has 5 nitrogen and oxygen atoms in total. The number of hydrogen-bond donors (Lipinski definition) is 2. The van der Waals surface area contributed by atoms with Gasteiger partial charge in [0.2, 0.25) is 0 Å². The summed E-state index contributed by atoms with van der Waals surface area (Å²) >= 11 is 0. The van der Waals surface area contributed by atoms with Gasteiger partial charge in [-0.25, -0.2) is 9.48 Å². The monoisotopic (exact) mass is 305 g/mol. The van der Waals surface area contributed by atoms with E-state index in [0.29, 0.717) is 0 Å². The number of hydrogen-bond acceptors (Lipinski definition) is 3. The topological polar surface area (TPSA) is 77.3 Å². The molecule has 2 N–H and O–H groups in total. The van der Waals surface area contributed by atoms with Gasteiger partial charge in [0.05, 0.1) is 0 Å². The molecule has 0 radical (unpaired) electrons. The van der Waals surface area contributed by atoms with Crippen molar-refractivity contribution in [1.29, 1.82) is 0 Å². The Morgan fingerprint density at radius 2 is 1.12 bits per heavy atom. The Morgan fingerprint density at radius 1 is 1.06 bits per heavy atom. The van der Waals surface area contributed by atoms with Crippen molar-refractivity contribution in [3.8, 4) is 0 Å². The minimum absolute atomic E-state index is 0. The van der Waals surface area contributed by atoms with Crippen molar-refractivity contribution in [1.82, 2.24) is 0 Å². The highest BCUT2D eigenvalue weighted by Crippen LogP contribution is 1.23. The highest BCUT2D eigenvalue weighted by Gasteiger charge is 1.34. The van der Waals surface area contributed by atoms with Gasteiger partial charge in [-0.2, -0.15) is 0 Å². The maximum Gasteiger partial charge on any atom is 0.447 e. The predicted octanol–water partition coefficient (Wildman–Crippen LogP) is 1.43. The number of carbonyl (C=O) groups is 1. The summed E-state index contributed by atoms with van der Waals surface area (Å²) in [7, 11) is 8.78. The Balaban J connectivity index is -0.00000000476. The standard InChI is InChI=1S/2CH4NP.CH2O3.7CH4.2H2/c2*1-2-3;2-1-4-3;;;;;;;;;/h2*3H,1H3;1,3H;7*1H4;2*1H/p+1/i;;;;;;;;;;2*1+1/hD2. The minimum Gasteiger partial charge on any atom is -0.662 e. The highest BCUT2D eigenvalue weighted by molar-refractivity contribution is 7.00. The van der Waals surface area contributed by atoms with Crippen LogP contribution in [-0.2, 0) is 9.68 Å². The van der Waals surface area contributed by atoms with Crippen molar-refractivity contribution >= 4 is 24.5 Å². The number of carbonyl (C=O) groups excluding carboxylic acids is 1. The van der Waals surface area contributed by atoms with Crippen LogP contribution in [0.2, 0.25) is 2.82 Å². The molecule has 0 aromatic rings. The maximum atomic E-state index is 8.64. The Bertz CT molecular complexity index is 140. The van der Waals surface area contributed by atoms with Crippen LogP contribution in [0.15, 0.2) is 0 Å². The fraction of sp³-hybridized carbons (Fsp3) is 0.900. The summed E-state index contributed by atoms with van der Waals surface area (Å²) < 4.78 is 14.8. The van der Waals surface area contributed by atoms with Crippen LogP contribution in [0.4, 0.5) is 0 Å². The SMILES string of the molecule is C.C.C.C.C.C.C.O=CO[O-].[2HH].[2HH].[2H][N+](C)=P.[2H][N+](C)=P. The van der Waals surface area contributed by atoms with Crippen LogP contribution in [0.25, 0.3) is 0 Å². The van der Waals surface area contributed by atoms with Crippen LogP contribution in [0, 0.1) is 0 Å². The van der Waals surface area contributed by atoms with Gasteiger partial charge in [-0.3, -0.25) is 4.79 Å². The van der Waals surface area contributed by atoms with E-state index in [2.05, 4.69) is 23.0 Å². The first-order valence-electron chi connectivity index (χ1n) is 2.87. The van der Waals surface area contributed by atoms with E-state index in [1.807, 2.05) is 0 Å². The fourth-order valence-corrected chi connectivity index (χ4v) is 0. The summed E-state index contributed by atoms with van der Waals surface area (Å²) in [5.41, 5.74) is 0. The van der Waals surface area contributed by atoms with E-state index < -0.39 is 0 Å². The molecule has 120 valence electrons.